The lowest BCUT2D eigenvalue weighted by atomic mass is 9.86. The van der Waals surface area contributed by atoms with Crippen LogP contribution in [-0.4, -0.2) is 65.0 Å². The number of carbonyl (C=O) groups is 4. The Kier molecular flexibility index (Phi) is 4.74. The molecule has 3 N–H and O–H groups in total. The first-order chi connectivity index (χ1) is 14.1. The Balaban J connectivity index is 1.54. The van der Waals surface area contributed by atoms with Gasteiger partial charge in [0.1, 0.15) is 6.04 Å². The molecule has 2 unspecified atom stereocenters. The molecule has 3 heterocycles. The van der Waals surface area contributed by atoms with Crippen molar-refractivity contribution < 1.29 is 28.0 Å². The van der Waals surface area contributed by atoms with Gasteiger partial charge in [-0.15, -0.1) is 0 Å². The van der Waals surface area contributed by atoms with Crippen molar-refractivity contribution in [3.63, 3.8) is 0 Å². The number of rotatable bonds is 4. The van der Waals surface area contributed by atoms with E-state index in [0.717, 1.165) is 4.90 Å². The van der Waals surface area contributed by atoms with Gasteiger partial charge in [0.15, 0.2) is 0 Å². The molecule has 4 amide bonds. The first-order valence-electron chi connectivity index (χ1n) is 9.71. The monoisotopic (exact) mass is 420 g/mol. The van der Waals surface area contributed by atoms with Crippen LogP contribution >= 0.6 is 0 Å². The van der Waals surface area contributed by atoms with E-state index < -0.39 is 47.6 Å². The molecule has 30 heavy (non-hydrogen) atoms. The lowest BCUT2D eigenvalue weighted by molar-refractivity contribution is -0.136. The molecular formula is C20H22F2N4O4. The Labute approximate surface area is 171 Å². The Morgan fingerprint density at radius 2 is 1.83 bits per heavy atom. The lowest BCUT2D eigenvalue weighted by Gasteiger charge is -2.28. The highest BCUT2D eigenvalue weighted by molar-refractivity contribution is 6.23. The first kappa shape index (κ1) is 20.5. The molecule has 4 rings (SSSR count). The van der Waals surface area contributed by atoms with Gasteiger partial charge < -0.3 is 5.73 Å². The van der Waals surface area contributed by atoms with E-state index in [9.17, 15) is 28.0 Å². The van der Waals surface area contributed by atoms with Crippen LogP contribution in [0.1, 0.15) is 46.0 Å². The van der Waals surface area contributed by atoms with Crippen molar-refractivity contribution in [2.75, 3.05) is 19.6 Å². The Morgan fingerprint density at radius 3 is 2.47 bits per heavy atom. The summed E-state index contributed by atoms with van der Waals surface area (Å²) in [6.07, 6.45) is 0.113. The second kappa shape index (κ2) is 6.92. The third-order valence-corrected chi connectivity index (χ3v) is 6.24. The van der Waals surface area contributed by atoms with Crippen molar-refractivity contribution in [1.29, 1.82) is 0 Å². The van der Waals surface area contributed by atoms with Crippen LogP contribution in [0.4, 0.5) is 8.78 Å². The number of hydrogen-bond donors (Lipinski definition) is 2. The quantitative estimate of drug-likeness (QED) is 0.686. The van der Waals surface area contributed by atoms with Crippen LogP contribution < -0.4 is 11.1 Å². The molecule has 0 saturated carbocycles. The minimum Gasteiger partial charge on any atom is -0.330 e. The molecule has 1 aromatic carbocycles. The van der Waals surface area contributed by atoms with Gasteiger partial charge in [-0.3, -0.25) is 34.3 Å². The smallest absolute Gasteiger partial charge is 0.268 e. The zero-order valence-electron chi connectivity index (χ0n) is 16.4. The fourth-order valence-corrected chi connectivity index (χ4v) is 4.34. The van der Waals surface area contributed by atoms with Crippen LogP contribution in [0.5, 0.6) is 0 Å². The summed E-state index contributed by atoms with van der Waals surface area (Å²) in [5.41, 5.74) is 5.14. The number of fused-ring (bicyclic) bond motifs is 1. The second-order valence-corrected chi connectivity index (χ2v) is 8.44. The standard InChI is InChI=1S/C20H22F2N4O4/c1-19(8-23)9-25(10-20(19,21)22)7-11-2-3-12-13(6-11)18(30)26(17(12)29)14-4-5-15(27)24-16(14)28/h2-3,6,14H,4-5,7-10,23H2,1H3,(H,24,27,28). The maximum Gasteiger partial charge on any atom is 0.268 e. The van der Waals surface area contributed by atoms with Gasteiger partial charge in [0, 0.05) is 26.1 Å². The van der Waals surface area contributed by atoms with Crippen LogP contribution in [-0.2, 0) is 16.1 Å². The zero-order chi connectivity index (χ0) is 21.8. The fourth-order valence-electron chi connectivity index (χ4n) is 4.34. The van der Waals surface area contributed by atoms with E-state index in [1.165, 1.54) is 19.1 Å². The number of alkyl halides is 2. The van der Waals surface area contributed by atoms with E-state index in [2.05, 4.69) is 5.32 Å². The maximum atomic E-state index is 14.3. The highest BCUT2D eigenvalue weighted by Crippen LogP contribution is 2.43. The molecule has 1 aromatic rings. The van der Waals surface area contributed by atoms with Crippen LogP contribution in [0.3, 0.4) is 0 Å². The number of nitrogens with one attached hydrogen (secondary N) is 1. The summed E-state index contributed by atoms with van der Waals surface area (Å²) in [6.45, 7) is 1.17. The summed E-state index contributed by atoms with van der Waals surface area (Å²) in [6, 6.07) is 3.57. The SMILES string of the molecule is CC1(CN)CN(Cc2ccc3c(c2)C(=O)N(C2CCC(=O)NC2=O)C3=O)CC1(F)F. The van der Waals surface area contributed by atoms with Crippen molar-refractivity contribution >= 4 is 23.6 Å². The number of amides is 4. The Bertz CT molecular complexity index is 966. The third kappa shape index (κ3) is 3.10. The van der Waals surface area contributed by atoms with E-state index in [0.29, 0.717) is 5.56 Å². The van der Waals surface area contributed by atoms with E-state index in [-0.39, 0.29) is 43.6 Å². The Morgan fingerprint density at radius 1 is 1.13 bits per heavy atom. The summed E-state index contributed by atoms with van der Waals surface area (Å²) in [7, 11) is 0. The average Bonchev–Trinajstić information content (AvgIpc) is 3.05. The van der Waals surface area contributed by atoms with Gasteiger partial charge >= 0.3 is 0 Å². The molecule has 0 aliphatic carbocycles. The summed E-state index contributed by atoms with van der Waals surface area (Å²) < 4.78 is 28.6. The molecule has 160 valence electrons. The van der Waals surface area contributed by atoms with E-state index in [1.807, 2.05) is 0 Å². The predicted molar refractivity (Wildman–Crippen MR) is 100 cm³/mol. The largest absolute Gasteiger partial charge is 0.330 e. The van der Waals surface area contributed by atoms with Gasteiger partial charge in [-0.25, -0.2) is 8.78 Å². The number of likely N-dealkylation sites (tertiary alicyclic amines) is 1. The molecule has 3 aliphatic rings. The molecule has 8 nitrogen and oxygen atoms in total. The normalized spacial score (nSPS) is 28.8. The summed E-state index contributed by atoms with van der Waals surface area (Å²) in [5, 5.41) is 2.14. The van der Waals surface area contributed by atoms with E-state index in [1.54, 1.807) is 11.0 Å². The van der Waals surface area contributed by atoms with Gasteiger partial charge in [0.2, 0.25) is 11.8 Å². The number of nitrogens with two attached hydrogens (primary N) is 1. The number of nitrogens with zero attached hydrogens (tertiary/aromatic N) is 2. The van der Waals surface area contributed by atoms with Gasteiger partial charge in [0.25, 0.3) is 17.7 Å². The van der Waals surface area contributed by atoms with E-state index >= 15 is 0 Å². The molecule has 2 saturated heterocycles. The highest BCUT2D eigenvalue weighted by atomic mass is 19.3. The molecular weight excluding hydrogens is 398 g/mol. The summed E-state index contributed by atoms with van der Waals surface area (Å²) in [5.74, 6) is -5.26. The molecule has 0 spiro atoms. The van der Waals surface area contributed by atoms with Crippen LogP contribution in [0, 0.1) is 5.41 Å². The van der Waals surface area contributed by atoms with Crippen molar-refractivity contribution in [1.82, 2.24) is 15.1 Å². The highest BCUT2D eigenvalue weighted by Gasteiger charge is 2.56. The van der Waals surface area contributed by atoms with Gasteiger partial charge in [-0.1, -0.05) is 13.0 Å². The lowest BCUT2D eigenvalue weighted by Crippen LogP contribution is -2.54. The zero-order valence-corrected chi connectivity index (χ0v) is 16.4. The number of hydrogen-bond acceptors (Lipinski definition) is 6. The number of carbonyl (C=O) groups excluding carboxylic acids is 4. The summed E-state index contributed by atoms with van der Waals surface area (Å²) >= 11 is 0. The second-order valence-electron chi connectivity index (χ2n) is 8.44. The first-order valence-corrected chi connectivity index (χ1v) is 9.71. The molecule has 0 radical (unpaired) electrons. The average molecular weight is 420 g/mol. The van der Waals surface area contributed by atoms with Crippen molar-refractivity contribution in [3.05, 3.63) is 34.9 Å². The molecule has 0 bridgehead atoms. The summed E-state index contributed by atoms with van der Waals surface area (Å²) in [4.78, 5) is 51.5. The molecule has 0 aromatic heterocycles. The van der Waals surface area contributed by atoms with Gasteiger partial charge in [-0.2, -0.15) is 0 Å². The third-order valence-electron chi connectivity index (χ3n) is 6.24. The number of imide groups is 2. The van der Waals surface area contributed by atoms with Crippen molar-refractivity contribution in [2.45, 2.75) is 38.3 Å². The molecule has 3 aliphatic heterocycles. The number of benzene rings is 1. The maximum absolute atomic E-state index is 14.3. The fraction of sp³-hybridized carbons (Fsp3) is 0.500. The van der Waals surface area contributed by atoms with Crippen molar-refractivity contribution in [2.24, 2.45) is 11.1 Å². The van der Waals surface area contributed by atoms with Crippen LogP contribution in [0.2, 0.25) is 0 Å². The number of halogens is 2. The topological polar surface area (TPSA) is 113 Å². The minimum atomic E-state index is -2.92. The molecule has 2 fully saturated rings. The molecule has 2 atom stereocenters. The number of piperidine rings is 1. The van der Waals surface area contributed by atoms with Crippen molar-refractivity contribution in [3.8, 4) is 0 Å². The van der Waals surface area contributed by atoms with Crippen LogP contribution in [0.15, 0.2) is 18.2 Å². The van der Waals surface area contributed by atoms with E-state index in [4.69, 9.17) is 5.73 Å². The molecule has 10 heteroatoms. The Hall–Kier alpha value is -2.72. The van der Waals surface area contributed by atoms with Crippen LogP contribution in [0.25, 0.3) is 0 Å². The minimum absolute atomic E-state index is 0.0398. The van der Waals surface area contributed by atoms with Gasteiger partial charge in [0.05, 0.1) is 23.1 Å². The van der Waals surface area contributed by atoms with Gasteiger partial charge in [-0.05, 0) is 24.1 Å². The predicted octanol–water partition coefficient (Wildman–Crippen LogP) is 0.504.